The van der Waals surface area contributed by atoms with Crippen LogP contribution in [0.15, 0.2) is 18.2 Å². The predicted molar refractivity (Wildman–Crippen MR) is 72.4 cm³/mol. The van der Waals surface area contributed by atoms with Crippen molar-refractivity contribution in [3.8, 4) is 5.75 Å². The Morgan fingerprint density at radius 1 is 1.47 bits per heavy atom. The topological polar surface area (TPSA) is 64.3 Å². The van der Waals surface area contributed by atoms with Crippen molar-refractivity contribution in [2.45, 2.75) is 39.3 Å². The lowest BCUT2D eigenvalue weighted by Crippen LogP contribution is -2.30. The summed E-state index contributed by atoms with van der Waals surface area (Å²) in [6.45, 7) is 6.32. The number of carbonyl (C=O) groups is 1. The van der Waals surface area contributed by atoms with E-state index in [1.54, 1.807) is 12.1 Å². The van der Waals surface area contributed by atoms with Crippen LogP contribution < -0.4 is 15.8 Å². The summed E-state index contributed by atoms with van der Waals surface area (Å²) in [5.41, 5.74) is 5.66. The largest absolute Gasteiger partial charge is 0.481 e. The van der Waals surface area contributed by atoms with Crippen LogP contribution in [0.3, 0.4) is 0 Å². The summed E-state index contributed by atoms with van der Waals surface area (Å²) in [7, 11) is 0. The minimum atomic E-state index is -0.777. The smallest absolute Gasteiger partial charge is 0.258 e. The van der Waals surface area contributed by atoms with Crippen LogP contribution in [0.1, 0.15) is 38.8 Å². The van der Waals surface area contributed by atoms with Gasteiger partial charge in [0.15, 0.2) is 6.10 Å². The molecule has 1 amide bonds. The third kappa shape index (κ3) is 4.52. The third-order valence-electron chi connectivity index (χ3n) is 2.85. The highest BCUT2D eigenvalue weighted by molar-refractivity contribution is 5.78. The maximum absolute atomic E-state index is 13.9. The van der Waals surface area contributed by atoms with E-state index >= 15 is 0 Å². The maximum Gasteiger partial charge on any atom is 0.258 e. The average Bonchev–Trinajstić information content (AvgIpc) is 2.35. The molecule has 1 aromatic carbocycles. The second-order valence-corrected chi connectivity index (χ2v) is 4.52. The maximum atomic E-state index is 13.9. The van der Waals surface area contributed by atoms with E-state index in [9.17, 15) is 9.18 Å². The van der Waals surface area contributed by atoms with Crippen molar-refractivity contribution < 1.29 is 13.9 Å². The predicted octanol–water partition coefficient (Wildman–Crippen LogP) is 2.14. The molecule has 4 nitrogen and oxygen atoms in total. The van der Waals surface area contributed by atoms with Crippen LogP contribution in [-0.2, 0) is 4.79 Å². The molecule has 0 spiro atoms. The van der Waals surface area contributed by atoms with Gasteiger partial charge in [0, 0.05) is 17.7 Å². The van der Waals surface area contributed by atoms with Crippen molar-refractivity contribution in [3.63, 3.8) is 0 Å². The van der Waals surface area contributed by atoms with E-state index in [2.05, 4.69) is 12.2 Å². The van der Waals surface area contributed by atoms with Crippen LogP contribution in [0.25, 0.3) is 0 Å². The second-order valence-electron chi connectivity index (χ2n) is 4.52. The first kappa shape index (κ1) is 15.4. The molecule has 106 valence electrons. The van der Waals surface area contributed by atoms with Gasteiger partial charge in [0.1, 0.15) is 11.6 Å². The fourth-order valence-corrected chi connectivity index (χ4v) is 1.67. The van der Waals surface area contributed by atoms with Crippen LogP contribution >= 0.6 is 0 Å². The Hall–Kier alpha value is -1.62. The summed E-state index contributed by atoms with van der Waals surface area (Å²) in [5.74, 6) is -0.636. The van der Waals surface area contributed by atoms with Crippen molar-refractivity contribution in [1.29, 1.82) is 0 Å². The molecule has 0 aliphatic carbocycles. The molecule has 0 aromatic heterocycles. The van der Waals surface area contributed by atoms with E-state index in [1.165, 1.54) is 13.0 Å². The number of amides is 1. The minimum absolute atomic E-state index is 0.0671. The fraction of sp³-hybridized carbons (Fsp3) is 0.500. The Balaban J connectivity index is 2.76. The molecule has 1 rings (SSSR count). The zero-order valence-electron chi connectivity index (χ0n) is 11.6. The van der Waals surface area contributed by atoms with Crippen LogP contribution in [-0.4, -0.2) is 18.6 Å². The lowest BCUT2D eigenvalue weighted by Gasteiger charge is -2.16. The van der Waals surface area contributed by atoms with E-state index in [0.717, 1.165) is 13.0 Å². The molecule has 0 aliphatic rings. The molecule has 0 aliphatic heterocycles. The van der Waals surface area contributed by atoms with Crippen LogP contribution in [0.5, 0.6) is 5.75 Å². The van der Waals surface area contributed by atoms with Crippen molar-refractivity contribution in [2.24, 2.45) is 5.73 Å². The van der Waals surface area contributed by atoms with Gasteiger partial charge in [-0.3, -0.25) is 4.79 Å². The Bertz CT molecular complexity index is 437. The van der Waals surface area contributed by atoms with Gasteiger partial charge >= 0.3 is 0 Å². The molecule has 0 heterocycles. The summed E-state index contributed by atoms with van der Waals surface area (Å²) in [5, 5.41) is 3.21. The molecular formula is C14H21FN2O2. The van der Waals surface area contributed by atoms with Crippen molar-refractivity contribution in [1.82, 2.24) is 5.32 Å². The minimum Gasteiger partial charge on any atom is -0.481 e. The van der Waals surface area contributed by atoms with Gasteiger partial charge in [-0.15, -0.1) is 0 Å². The number of nitrogens with one attached hydrogen (secondary N) is 1. The number of halogens is 1. The number of carbonyl (C=O) groups excluding carboxylic acids is 1. The molecule has 2 unspecified atom stereocenters. The van der Waals surface area contributed by atoms with E-state index in [-0.39, 0.29) is 11.9 Å². The molecule has 19 heavy (non-hydrogen) atoms. The quantitative estimate of drug-likeness (QED) is 0.796. The van der Waals surface area contributed by atoms with Gasteiger partial charge in [-0.05, 0) is 32.9 Å². The molecule has 3 N–H and O–H groups in total. The number of benzene rings is 1. The van der Waals surface area contributed by atoms with E-state index in [0.29, 0.717) is 11.3 Å². The van der Waals surface area contributed by atoms with E-state index in [4.69, 9.17) is 10.5 Å². The lowest BCUT2D eigenvalue weighted by molar-refractivity contribution is -0.123. The Kier molecular flexibility index (Phi) is 5.76. The van der Waals surface area contributed by atoms with Gasteiger partial charge in [-0.2, -0.15) is 0 Å². The number of nitrogens with two attached hydrogens (primary N) is 1. The van der Waals surface area contributed by atoms with Gasteiger partial charge in [0.05, 0.1) is 0 Å². The Morgan fingerprint density at radius 2 is 2.16 bits per heavy atom. The molecule has 0 bridgehead atoms. The first-order chi connectivity index (χ1) is 8.95. The highest BCUT2D eigenvalue weighted by Gasteiger charge is 2.14. The summed E-state index contributed by atoms with van der Waals surface area (Å²) >= 11 is 0. The summed E-state index contributed by atoms with van der Waals surface area (Å²) in [4.78, 5) is 10.9. The van der Waals surface area contributed by atoms with Crippen molar-refractivity contribution >= 4 is 5.91 Å². The Labute approximate surface area is 113 Å². The van der Waals surface area contributed by atoms with Gasteiger partial charge < -0.3 is 15.8 Å². The standard InChI is InChI=1S/C14H21FN2O2/c1-4-7-17-9(2)12-6-5-11(8-13(12)15)19-10(3)14(16)18/h5-6,8-10,17H,4,7H2,1-3H3,(H2,16,18). The third-order valence-corrected chi connectivity index (χ3v) is 2.85. The number of ether oxygens (including phenoxy) is 1. The molecule has 5 heteroatoms. The first-order valence-electron chi connectivity index (χ1n) is 6.44. The highest BCUT2D eigenvalue weighted by Crippen LogP contribution is 2.22. The molecule has 2 atom stereocenters. The number of primary amides is 1. The summed E-state index contributed by atoms with van der Waals surface area (Å²) in [6, 6.07) is 4.51. The summed E-state index contributed by atoms with van der Waals surface area (Å²) in [6.07, 6.45) is 0.212. The molecule has 0 radical (unpaired) electrons. The Morgan fingerprint density at radius 3 is 2.68 bits per heavy atom. The molecular weight excluding hydrogens is 247 g/mol. The number of hydrogen-bond acceptors (Lipinski definition) is 3. The molecule has 1 aromatic rings. The zero-order valence-corrected chi connectivity index (χ0v) is 11.6. The normalized spacial score (nSPS) is 13.9. The van der Waals surface area contributed by atoms with Crippen LogP contribution in [0, 0.1) is 5.82 Å². The number of hydrogen-bond donors (Lipinski definition) is 2. The van der Waals surface area contributed by atoms with Gasteiger partial charge in [0.2, 0.25) is 0 Å². The summed E-state index contributed by atoms with van der Waals surface area (Å²) < 4.78 is 19.2. The number of rotatable bonds is 7. The van der Waals surface area contributed by atoms with E-state index < -0.39 is 12.0 Å². The molecule has 0 saturated carbocycles. The van der Waals surface area contributed by atoms with Crippen molar-refractivity contribution in [3.05, 3.63) is 29.6 Å². The van der Waals surface area contributed by atoms with Crippen LogP contribution in [0.4, 0.5) is 4.39 Å². The highest BCUT2D eigenvalue weighted by atomic mass is 19.1. The second kappa shape index (κ2) is 7.09. The van der Waals surface area contributed by atoms with Crippen molar-refractivity contribution in [2.75, 3.05) is 6.54 Å². The SMILES string of the molecule is CCCNC(C)c1ccc(OC(C)C(N)=O)cc1F. The average molecular weight is 268 g/mol. The molecule has 0 fully saturated rings. The van der Waals surface area contributed by atoms with Gasteiger partial charge in [0.25, 0.3) is 5.91 Å². The van der Waals surface area contributed by atoms with Crippen LogP contribution in [0.2, 0.25) is 0 Å². The van der Waals surface area contributed by atoms with Gasteiger partial charge in [-0.1, -0.05) is 13.0 Å². The zero-order chi connectivity index (χ0) is 14.4. The van der Waals surface area contributed by atoms with E-state index in [1.807, 2.05) is 6.92 Å². The first-order valence-corrected chi connectivity index (χ1v) is 6.44. The fourth-order valence-electron chi connectivity index (χ4n) is 1.67. The van der Waals surface area contributed by atoms with Gasteiger partial charge in [-0.25, -0.2) is 4.39 Å². The molecule has 0 saturated heterocycles. The monoisotopic (exact) mass is 268 g/mol. The lowest BCUT2D eigenvalue weighted by atomic mass is 10.1.